The largest absolute Gasteiger partial charge is 0.494 e. The number of methoxy groups -OCH3 is 1. The van der Waals surface area contributed by atoms with Gasteiger partial charge in [0.15, 0.2) is 11.6 Å². The number of nitrogens with zero attached hydrogens (tertiary/aromatic N) is 3. The van der Waals surface area contributed by atoms with Gasteiger partial charge in [-0.1, -0.05) is 84.3 Å². The third-order valence-electron chi connectivity index (χ3n) is 12.1. The topological polar surface area (TPSA) is 82.2 Å². The van der Waals surface area contributed by atoms with E-state index in [1.54, 1.807) is 12.1 Å². The molecule has 1 unspecified atom stereocenters. The van der Waals surface area contributed by atoms with Crippen molar-refractivity contribution in [3.05, 3.63) is 63.9 Å². The number of hydrogen-bond acceptors (Lipinski definition) is 6. The van der Waals surface area contributed by atoms with Crippen LogP contribution in [0.4, 0.5) is 4.39 Å². The number of ether oxygens (including phenoxy) is 1. The van der Waals surface area contributed by atoms with Gasteiger partial charge in [-0.15, -0.1) is 0 Å². The molecule has 4 fully saturated rings. The second-order valence-electron chi connectivity index (χ2n) is 17.6. The molecule has 0 aromatic heterocycles. The third-order valence-corrected chi connectivity index (χ3v) is 14.3. The van der Waals surface area contributed by atoms with Crippen molar-refractivity contribution < 1.29 is 22.3 Å². The number of carbonyl (C=O) groups is 1. The molecule has 1 N–H and O–H groups in total. The fourth-order valence-corrected chi connectivity index (χ4v) is 11.8. The van der Waals surface area contributed by atoms with Crippen LogP contribution in [0, 0.1) is 40.3 Å². The Morgan fingerprint density at radius 1 is 1.12 bits per heavy atom. The molecule has 11 heteroatoms. The normalized spacial score (nSPS) is 27.7. The SMILES string of the molecule is COc1ccc(Cl)c(CN(Cc2cccc(CN3C(C(=O)N[C@@H]4C[C@@H]5[C@@H](C)[C@H]([C@H]4C)C5(C)C)CCS3(=O)=O)c2)[C@H](CN(C)C)CC(C)(C)C)c1F. The standard InChI is InChI=1S/C40H60ClFN4O4S/c1-25-31-19-33(26(2)36(25)40(31,6)7)43-38(47)34-16-17-51(48,49)46(34)22-28-13-11-12-27(18-28)21-45(29(23-44(8)9)20-39(3,4)5)24-30-32(41)14-15-35(50-10)37(30)42/h11-15,18,25-26,29,31,33-34,36H,16-17,19-24H2,1-10H3,(H,43,47)/t25-,26+,29+,31-,33-,34?,36-/m1/s1. The molecule has 1 heterocycles. The molecule has 0 spiro atoms. The lowest BCUT2D eigenvalue weighted by molar-refractivity contribution is -0.172. The van der Waals surface area contributed by atoms with E-state index in [9.17, 15) is 13.2 Å². The van der Waals surface area contributed by atoms with Crippen molar-refractivity contribution in [2.75, 3.05) is 33.5 Å². The maximum atomic E-state index is 15.7. The highest BCUT2D eigenvalue weighted by Crippen LogP contribution is 2.64. The minimum Gasteiger partial charge on any atom is -0.494 e. The zero-order valence-corrected chi connectivity index (χ0v) is 33.9. The number of rotatable bonds is 13. The number of carbonyl (C=O) groups excluding carboxylic acids is 1. The van der Waals surface area contributed by atoms with E-state index >= 15 is 4.39 Å². The van der Waals surface area contributed by atoms with Gasteiger partial charge in [0.05, 0.1) is 12.9 Å². The molecule has 1 amide bonds. The van der Waals surface area contributed by atoms with Gasteiger partial charge in [-0.2, -0.15) is 4.31 Å². The Kier molecular flexibility index (Phi) is 11.9. The quantitative estimate of drug-likeness (QED) is 0.234. The Balaban J connectivity index is 1.37. The molecule has 4 aliphatic rings. The maximum Gasteiger partial charge on any atom is 0.238 e. The number of halogens is 2. The lowest BCUT2D eigenvalue weighted by Crippen LogP contribution is -2.66. The summed E-state index contributed by atoms with van der Waals surface area (Å²) in [6, 6.07) is 10.5. The van der Waals surface area contributed by atoms with Crippen LogP contribution in [0.25, 0.3) is 0 Å². The van der Waals surface area contributed by atoms with Gasteiger partial charge in [-0.25, -0.2) is 12.8 Å². The van der Waals surface area contributed by atoms with E-state index in [1.807, 2.05) is 38.4 Å². The van der Waals surface area contributed by atoms with E-state index in [-0.39, 0.29) is 59.8 Å². The second kappa shape index (κ2) is 15.2. The molecular weight excluding hydrogens is 687 g/mol. The van der Waals surface area contributed by atoms with Crippen molar-refractivity contribution in [1.82, 2.24) is 19.4 Å². The van der Waals surface area contributed by atoms with Crippen molar-refractivity contribution >= 4 is 27.5 Å². The average Bonchev–Trinajstić information content (AvgIpc) is 3.32. The summed E-state index contributed by atoms with van der Waals surface area (Å²) < 4.78 is 49.2. The summed E-state index contributed by atoms with van der Waals surface area (Å²) in [6.45, 7) is 17.5. The second-order valence-corrected chi connectivity index (χ2v) is 20.1. The number of nitrogens with one attached hydrogen (secondary N) is 1. The van der Waals surface area contributed by atoms with Crippen molar-refractivity contribution in [3.8, 4) is 5.75 Å². The van der Waals surface area contributed by atoms with E-state index in [0.717, 1.165) is 30.5 Å². The van der Waals surface area contributed by atoms with E-state index in [2.05, 4.69) is 63.6 Å². The molecule has 7 atom stereocenters. The number of sulfonamides is 1. The predicted molar refractivity (Wildman–Crippen MR) is 203 cm³/mol. The molecule has 1 aliphatic heterocycles. The maximum absolute atomic E-state index is 15.7. The van der Waals surface area contributed by atoms with Crippen LogP contribution >= 0.6 is 11.6 Å². The molecule has 3 saturated carbocycles. The first-order valence-corrected chi connectivity index (χ1v) is 20.5. The van der Waals surface area contributed by atoms with Gasteiger partial charge < -0.3 is 15.0 Å². The molecule has 6 rings (SSSR count). The monoisotopic (exact) mass is 746 g/mol. The van der Waals surface area contributed by atoms with Crippen LogP contribution in [0.3, 0.4) is 0 Å². The van der Waals surface area contributed by atoms with Crippen LogP contribution in [-0.4, -0.2) is 80.1 Å². The van der Waals surface area contributed by atoms with Gasteiger partial charge in [-0.3, -0.25) is 9.69 Å². The van der Waals surface area contributed by atoms with Gasteiger partial charge in [0.1, 0.15) is 6.04 Å². The summed E-state index contributed by atoms with van der Waals surface area (Å²) in [4.78, 5) is 18.2. The molecule has 3 aliphatic carbocycles. The zero-order valence-electron chi connectivity index (χ0n) is 32.3. The Labute approximate surface area is 311 Å². The molecule has 2 bridgehead atoms. The van der Waals surface area contributed by atoms with Crippen LogP contribution in [0.2, 0.25) is 5.02 Å². The Bertz CT molecular complexity index is 1680. The minimum atomic E-state index is -3.61. The molecule has 8 nitrogen and oxygen atoms in total. The smallest absolute Gasteiger partial charge is 0.238 e. The highest BCUT2D eigenvalue weighted by Gasteiger charge is 2.61. The Hall–Kier alpha value is -2.24. The lowest BCUT2D eigenvalue weighted by atomic mass is 9.40. The number of likely N-dealkylation sites (N-methyl/N-ethyl adjacent to an activating group) is 1. The van der Waals surface area contributed by atoms with Gasteiger partial charge in [0, 0.05) is 48.8 Å². The van der Waals surface area contributed by atoms with Gasteiger partial charge in [0.25, 0.3) is 0 Å². The van der Waals surface area contributed by atoms with Crippen LogP contribution in [0.5, 0.6) is 5.75 Å². The molecular formula is C40H60ClFN4O4S. The van der Waals surface area contributed by atoms with E-state index < -0.39 is 21.9 Å². The van der Waals surface area contributed by atoms with E-state index in [1.165, 1.54) is 11.4 Å². The van der Waals surface area contributed by atoms with Crippen molar-refractivity contribution in [3.63, 3.8) is 0 Å². The molecule has 2 aromatic carbocycles. The number of amides is 1. The van der Waals surface area contributed by atoms with Crippen molar-refractivity contribution in [2.24, 2.45) is 34.5 Å². The number of benzene rings is 2. The molecule has 0 radical (unpaired) electrons. The molecule has 284 valence electrons. The van der Waals surface area contributed by atoms with Crippen molar-refractivity contribution in [2.45, 2.75) is 105 Å². The summed E-state index contributed by atoms with van der Waals surface area (Å²) >= 11 is 6.61. The number of fused-ring (bicyclic) bond motifs is 2. The first-order valence-electron chi connectivity index (χ1n) is 18.5. The predicted octanol–water partition coefficient (Wildman–Crippen LogP) is 7.19. The summed E-state index contributed by atoms with van der Waals surface area (Å²) in [7, 11) is 1.91. The first-order chi connectivity index (χ1) is 23.7. The summed E-state index contributed by atoms with van der Waals surface area (Å²) in [6.07, 6.45) is 2.07. The van der Waals surface area contributed by atoms with Gasteiger partial charge in [0.2, 0.25) is 15.9 Å². The van der Waals surface area contributed by atoms with E-state index in [0.29, 0.717) is 40.8 Å². The summed E-state index contributed by atoms with van der Waals surface area (Å²) in [5, 5.41) is 3.64. The van der Waals surface area contributed by atoms with Crippen LogP contribution in [0.15, 0.2) is 36.4 Å². The molecule has 1 saturated heterocycles. The minimum absolute atomic E-state index is 0.00149. The van der Waals surface area contributed by atoms with Crippen molar-refractivity contribution in [1.29, 1.82) is 0 Å². The highest BCUT2D eigenvalue weighted by molar-refractivity contribution is 7.89. The van der Waals surface area contributed by atoms with E-state index in [4.69, 9.17) is 16.3 Å². The van der Waals surface area contributed by atoms with Gasteiger partial charge in [-0.05, 0) is 91.1 Å². The molecule has 2 aromatic rings. The third kappa shape index (κ3) is 8.61. The Morgan fingerprint density at radius 2 is 1.80 bits per heavy atom. The lowest BCUT2D eigenvalue weighted by Gasteiger charge is -2.66. The first kappa shape index (κ1) is 40.0. The van der Waals surface area contributed by atoms with Crippen LogP contribution < -0.4 is 10.1 Å². The fraction of sp³-hybridized carbons (Fsp3) is 0.675. The Morgan fingerprint density at radius 3 is 2.41 bits per heavy atom. The average molecular weight is 747 g/mol. The number of hydrogen-bond donors (Lipinski definition) is 1. The van der Waals surface area contributed by atoms with Crippen LogP contribution in [0.1, 0.15) is 84.4 Å². The summed E-state index contributed by atoms with van der Waals surface area (Å²) in [5.74, 6) is 1.54. The highest BCUT2D eigenvalue weighted by atomic mass is 35.5. The van der Waals surface area contributed by atoms with Gasteiger partial charge >= 0.3 is 0 Å². The van der Waals surface area contributed by atoms with Crippen LogP contribution in [-0.2, 0) is 34.5 Å². The zero-order chi connectivity index (χ0) is 37.6. The molecule has 51 heavy (non-hydrogen) atoms. The fourth-order valence-electron chi connectivity index (χ4n) is 9.88. The summed E-state index contributed by atoms with van der Waals surface area (Å²) in [5.41, 5.74) is 2.43.